The molecule has 0 radical (unpaired) electrons. The Morgan fingerprint density at radius 2 is 2.00 bits per heavy atom. The predicted octanol–water partition coefficient (Wildman–Crippen LogP) is 2.74. The molecule has 1 unspecified atom stereocenters. The summed E-state index contributed by atoms with van der Waals surface area (Å²) in [5.74, 6) is -0.328. The second-order valence-electron chi connectivity index (χ2n) is 4.45. The van der Waals surface area contributed by atoms with Crippen molar-refractivity contribution in [3.8, 4) is 0 Å². The summed E-state index contributed by atoms with van der Waals surface area (Å²) in [5.41, 5.74) is 0.346. The summed E-state index contributed by atoms with van der Waals surface area (Å²) in [6, 6.07) is 9.49. The minimum absolute atomic E-state index is 0.139. The quantitative estimate of drug-likeness (QED) is 0.561. The van der Waals surface area contributed by atoms with Crippen LogP contribution in [0.3, 0.4) is 0 Å². The third-order valence-electron chi connectivity index (χ3n) is 2.88. The molecular weight excluding hydrogens is 216 g/mol. The fourth-order valence-electron chi connectivity index (χ4n) is 1.37. The molecule has 3 heteroatoms. The van der Waals surface area contributed by atoms with Gasteiger partial charge in [-0.25, -0.2) is 0 Å². The molecule has 0 aliphatic heterocycles. The van der Waals surface area contributed by atoms with Crippen molar-refractivity contribution in [2.75, 3.05) is 0 Å². The van der Waals surface area contributed by atoms with E-state index in [1.807, 2.05) is 37.3 Å². The van der Waals surface area contributed by atoms with E-state index in [-0.39, 0.29) is 19.0 Å². The van der Waals surface area contributed by atoms with Gasteiger partial charge in [0, 0.05) is 5.41 Å². The van der Waals surface area contributed by atoms with Crippen molar-refractivity contribution in [1.29, 1.82) is 0 Å². The lowest BCUT2D eigenvalue weighted by Crippen LogP contribution is -2.22. The largest absolute Gasteiger partial charge is 0.461 e. The summed E-state index contributed by atoms with van der Waals surface area (Å²) in [4.78, 5) is 22.4. The summed E-state index contributed by atoms with van der Waals surface area (Å²) in [7, 11) is 0. The monoisotopic (exact) mass is 234 g/mol. The molecule has 0 heterocycles. The van der Waals surface area contributed by atoms with Crippen molar-refractivity contribution in [1.82, 2.24) is 0 Å². The first-order valence-corrected chi connectivity index (χ1v) is 5.75. The van der Waals surface area contributed by atoms with Gasteiger partial charge in [0.2, 0.25) is 0 Å². The Bertz CT molecular complexity index is 372. The highest BCUT2D eigenvalue weighted by atomic mass is 16.5. The van der Waals surface area contributed by atoms with Crippen LogP contribution >= 0.6 is 0 Å². The van der Waals surface area contributed by atoms with Crippen LogP contribution in [0.5, 0.6) is 0 Å². The van der Waals surface area contributed by atoms with Crippen molar-refractivity contribution in [2.45, 2.75) is 33.3 Å². The fourth-order valence-corrected chi connectivity index (χ4v) is 1.37. The van der Waals surface area contributed by atoms with Gasteiger partial charge in [0.15, 0.2) is 0 Å². The van der Waals surface area contributed by atoms with Crippen LogP contribution in [0.15, 0.2) is 30.3 Å². The van der Waals surface area contributed by atoms with E-state index in [9.17, 15) is 9.59 Å². The van der Waals surface area contributed by atoms with Gasteiger partial charge in [0.1, 0.15) is 12.9 Å². The Morgan fingerprint density at radius 3 is 2.53 bits per heavy atom. The van der Waals surface area contributed by atoms with Crippen LogP contribution in [0.4, 0.5) is 0 Å². The average molecular weight is 234 g/mol. The average Bonchev–Trinajstić information content (AvgIpc) is 2.37. The molecule has 0 fully saturated rings. The number of hydrogen-bond acceptors (Lipinski definition) is 3. The molecule has 1 aromatic rings. The maximum atomic E-state index is 11.6. The Morgan fingerprint density at radius 1 is 1.35 bits per heavy atom. The summed E-state index contributed by atoms with van der Waals surface area (Å²) in [6.07, 6.45) is 1.60. The van der Waals surface area contributed by atoms with Crippen molar-refractivity contribution < 1.29 is 14.3 Å². The second kappa shape index (κ2) is 6.18. The highest BCUT2D eigenvalue weighted by Gasteiger charge is 2.25. The number of aldehydes is 1. The zero-order valence-electron chi connectivity index (χ0n) is 10.3. The Kier molecular flexibility index (Phi) is 4.88. The smallest absolute Gasteiger partial charge is 0.307 e. The number of carbonyl (C=O) groups is 2. The standard InChI is InChI=1S/C14H18O3/c1-3-14(2,11-15)9-13(16)17-10-12-7-5-4-6-8-12/h4-8,11H,3,9-10H2,1-2H3. The minimum atomic E-state index is -0.603. The van der Waals surface area contributed by atoms with E-state index in [1.165, 1.54) is 0 Å². The lowest BCUT2D eigenvalue weighted by atomic mass is 9.86. The van der Waals surface area contributed by atoms with Gasteiger partial charge in [-0.1, -0.05) is 44.2 Å². The minimum Gasteiger partial charge on any atom is -0.461 e. The number of rotatable bonds is 6. The molecule has 0 saturated heterocycles. The van der Waals surface area contributed by atoms with Crippen LogP contribution in [-0.4, -0.2) is 12.3 Å². The number of esters is 1. The van der Waals surface area contributed by atoms with Crippen LogP contribution in [-0.2, 0) is 20.9 Å². The van der Waals surface area contributed by atoms with Crippen LogP contribution in [0.25, 0.3) is 0 Å². The first kappa shape index (κ1) is 13.4. The highest BCUT2D eigenvalue weighted by molar-refractivity contribution is 5.75. The zero-order valence-corrected chi connectivity index (χ0v) is 10.3. The molecule has 0 N–H and O–H groups in total. The highest BCUT2D eigenvalue weighted by Crippen LogP contribution is 2.23. The third kappa shape index (κ3) is 4.39. The number of benzene rings is 1. The van der Waals surface area contributed by atoms with E-state index in [1.54, 1.807) is 6.92 Å². The molecule has 1 rings (SSSR count). The predicted molar refractivity (Wildman–Crippen MR) is 65.3 cm³/mol. The lowest BCUT2D eigenvalue weighted by molar-refractivity contribution is -0.148. The maximum absolute atomic E-state index is 11.6. The van der Waals surface area contributed by atoms with Gasteiger partial charge in [0.05, 0.1) is 6.42 Å². The second-order valence-corrected chi connectivity index (χ2v) is 4.45. The molecule has 0 aromatic heterocycles. The van der Waals surface area contributed by atoms with Gasteiger partial charge >= 0.3 is 5.97 Å². The summed E-state index contributed by atoms with van der Waals surface area (Å²) in [5, 5.41) is 0. The molecule has 1 aromatic carbocycles. The van der Waals surface area contributed by atoms with Crippen LogP contribution in [0, 0.1) is 5.41 Å². The van der Waals surface area contributed by atoms with Crippen molar-refractivity contribution in [3.63, 3.8) is 0 Å². The van der Waals surface area contributed by atoms with Gasteiger partial charge in [-0.3, -0.25) is 4.79 Å². The summed E-state index contributed by atoms with van der Waals surface area (Å²) in [6.45, 7) is 3.92. The molecule has 0 amide bonds. The molecule has 0 bridgehead atoms. The van der Waals surface area contributed by atoms with Gasteiger partial charge in [-0.05, 0) is 12.0 Å². The first-order chi connectivity index (χ1) is 8.09. The summed E-state index contributed by atoms with van der Waals surface area (Å²) >= 11 is 0. The van der Waals surface area contributed by atoms with Gasteiger partial charge in [0.25, 0.3) is 0 Å². The molecule has 0 aliphatic carbocycles. The van der Waals surface area contributed by atoms with E-state index < -0.39 is 5.41 Å². The molecule has 0 spiro atoms. The molecule has 0 saturated carbocycles. The molecule has 92 valence electrons. The SMILES string of the molecule is CCC(C)(C=O)CC(=O)OCc1ccccc1. The fraction of sp³-hybridized carbons (Fsp3) is 0.429. The maximum Gasteiger partial charge on any atom is 0.307 e. The van der Waals surface area contributed by atoms with Crippen molar-refractivity contribution >= 4 is 12.3 Å². The van der Waals surface area contributed by atoms with Gasteiger partial charge in [-0.2, -0.15) is 0 Å². The van der Waals surface area contributed by atoms with Crippen LogP contribution in [0.1, 0.15) is 32.3 Å². The van der Waals surface area contributed by atoms with Crippen molar-refractivity contribution in [3.05, 3.63) is 35.9 Å². The number of hydrogen-bond donors (Lipinski definition) is 0. The van der Waals surface area contributed by atoms with E-state index in [0.717, 1.165) is 11.8 Å². The number of ether oxygens (including phenoxy) is 1. The van der Waals surface area contributed by atoms with Crippen molar-refractivity contribution in [2.24, 2.45) is 5.41 Å². The van der Waals surface area contributed by atoms with E-state index in [0.29, 0.717) is 6.42 Å². The van der Waals surface area contributed by atoms with Crippen LogP contribution in [0.2, 0.25) is 0 Å². The molecule has 1 atom stereocenters. The zero-order chi connectivity index (χ0) is 12.7. The van der Waals surface area contributed by atoms with Gasteiger partial charge in [-0.15, -0.1) is 0 Å². The van der Waals surface area contributed by atoms with Crippen LogP contribution < -0.4 is 0 Å². The van der Waals surface area contributed by atoms with Gasteiger partial charge < -0.3 is 9.53 Å². The molecular formula is C14H18O3. The Hall–Kier alpha value is -1.64. The topological polar surface area (TPSA) is 43.4 Å². The van der Waals surface area contributed by atoms with E-state index in [2.05, 4.69) is 0 Å². The third-order valence-corrected chi connectivity index (χ3v) is 2.88. The summed E-state index contributed by atoms with van der Waals surface area (Å²) < 4.78 is 5.13. The molecule has 3 nitrogen and oxygen atoms in total. The Balaban J connectivity index is 2.43. The molecule has 17 heavy (non-hydrogen) atoms. The van der Waals surface area contributed by atoms with E-state index in [4.69, 9.17) is 4.74 Å². The first-order valence-electron chi connectivity index (χ1n) is 5.75. The molecule has 0 aliphatic rings. The van der Waals surface area contributed by atoms with E-state index >= 15 is 0 Å². The normalized spacial score (nSPS) is 13.8. The number of carbonyl (C=O) groups excluding carboxylic acids is 2. The Labute approximate surface area is 102 Å². The lowest BCUT2D eigenvalue weighted by Gasteiger charge is -2.19.